The quantitative estimate of drug-likeness (QED) is 0.719. The van der Waals surface area contributed by atoms with Crippen LogP contribution in [0, 0.1) is 11.7 Å². The molecule has 1 aliphatic heterocycles. The molecule has 0 bridgehead atoms. The minimum absolute atomic E-state index is 0.263. The summed E-state index contributed by atoms with van der Waals surface area (Å²) in [5.41, 5.74) is 7.34. The number of hydrogen-bond acceptors (Lipinski definition) is 2. The van der Waals surface area contributed by atoms with Gasteiger partial charge in [0.1, 0.15) is 5.82 Å². The molecule has 15 heavy (non-hydrogen) atoms. The number of anilines is 2. The molecule has 1 heterocycles. The summed E-state index contributed by atoms with van der Waals surface area (Å²) in [5.74, 6) is 0.435. The summed E-state index contributed by atoms with van der Waals surface area (Å²) in [6.07, 6.45) is 2.47. The molecular weight excluding hydrogens is 191 g/mol. The topological polar surface area (TPSA) is 29.3 Å². The van der Waals surface area contributed by atoms with Gasteiger partial charge in [-0.2, -0.15) is 0 Å². The molecule has 3 heteroatoms. The lowest BCUT2D eigenvalue weighted by Crippen LogP contribution is -2.34. The predicted molar refractivity (Wildman–Crippen MR) is 61.4 cm³/mol. The average molecular weight is 208 g/mol. The Bertz CT molecular complexity index is 351. The Morgan fingerprint density at radius 3 is 2.93 bits per heavy atom. The first kappa shape index (κ1) is 10.3. The van der Waals surface area contributed by atoms with E-state index >= 15 is 0 Å². The number of benzene rings is 1. The van der Waals surface area contributed by atoms with Gasteiger partial charge in [-0.05, 0) is 37.0 Å². The smallest absolute Gasteiger partial charge is 0.125 e. The van der Waals surface area contributed by atoms with Crippen LogP contribution in [0.5, 0.6) is 0 Å². The van der Waals surface area contributed by atoms with Crippen molar-refractivity contribution in [2.24, 2.45) is 5.92 Å². The zero-order valence-electron chi connectivity index (χ0n) is 9.04. The molecule has 0 radical (unpaired) electrons. The zero-order chi connectivity index (χ0) is 10.8. The van der Waals surface area contributed by atoms with Crippen molar-refractivity contribution in [3.05, 3.63) is 24.0 Å². The zero-order valence-corrected chi connectivity index (χ0v) is 9.04. The first-order valence-corrected chi connectivity index (χ1v) is 5.47. The van der Waals surface area contributed by atoms with Gasteiger partial charge in [0.15, 0.2) is 0 Å². The molecule has 0 aliphatic carbocycles. The van der Waals surface area contributed by atoms with E-state index < -0.39 is 0 Å². The van der Waals surface area contributed by atoms with E-state index in [2.05, 4.69) is 11.8 Å². The molecule has 1 atom stereocenters. The Kier molecular flexibility index (Phi) is 2.80. The maximum Gasteiger partial charge on any atom is 0.125 e. The fourth-order valence-corrected chi connectivity index (χ4v) is 2.22. The summed E-state index contributed by atoms with van der Waals surface area (Å²) < 4.78 is 12.9. The van der Waals surface area contributed by atoms with Crippen LogP contribution >= 0.6 is 0 Å². The van der Waals surface area contributed by atoms with Crippen molar-refractivity contribution in [3.8, 4) is 0 Å². The van der Waals surface area contributed by atoms with E-state index in [1.165, 1.54) is 25.0 Å². The van der Waals surface area contributed by atoms with E-state index in [-0.39, 0.29) is 5.82 Å². The lowest BCUT2D eigenvalue weighted by Gasteiger charge is -2.33. The molecule has 0 unspecified atom stereocenters. The highest BCUT2D eigenvalue weighted by Crippen LogP contribution is 2.28. The summed E-state index contributed by atoms with van der Waals surface area (Å²) in [5, 5.41) is 0. The van der Waals surface area contributed by atoms with Crippen molar-refractivity contribution >= 4 is 11.4 Å². The Morgan fingerprint density at radius 2 is 2.27 bits per heavy atom. The Morgan fingerprint density at radius 1 is 1.47 bits per heavy atom. The maximum atomic E-state index is 12.9. The highest BCUT2D eigenvalue weighted by atomic mass is 19.1. The Hall–Kier alpha value is -1.25. The molecule has 0 amide bonds. The number of halogens is 1. The first-order chi connectivity index (χ1) is 7.16. The van der Waals surface area contributed by atoms with Gasteiger partial charge in [0.2, 0.25) is 0 Å². The van der Waals surface area contributed by atoms with Gasteiger partial charge in [-0.15, -0.1) is 0 Å². The minimum Gasteiger partial charge on any atom is -0.397 e. The van der Waals surface area contributed by atoms with Crippen LogP contribution in [0.1, 0.15) is 19.8 Å². The van der Waals surface area contributed by atoms with Gasteiger partial charge in [0.05, 0.1) is 11.4 Å². The number of nitrogen functional groups attached to an aromatic ring is 1. The molecule has 1 aromatic carbocycles. The van der Waals surface area contributed by atoms with Gasteiger partial charge < -0.3 is 10.6 Å². The third-order valence-electron chi connectivity index (χ3n) is 2.99. The lowest BCUT2D eigenvalue weighted by molar-refractivity contribution is 0.447. The molecule has 0 saturated carbocycles. The van der Waals surface area contributed by atoms with Crippen LogP contribution in [0.15, 0.2) is 18.2 Å². The van der Waals surface area contributed by atoms with Gasteiger partial charge in [-0.3, -0.25) is 0 Å². The van der Waals surface area contributed by atoms with Crippen molar-refractivity contribution in [1.82, 2.24) is 0 Å². The SMILES string of the molecule is C[C@H]1CCCN(c2ccc(F)cc2N)C1. The molecule has 0 spiro atoms. The summed E-state index contributed by atoms with van der Waals surface area (Å²) >= 11 is 0. The molecule has 2 N–H and O–H groups in total. The van der Waals surface area contributed by atoms with Gasteiger partial charge in [-0.25, -0.2) is 4.39 Å². The molecule has 0 aromatic heterocycles. The standard InChI is InChI=1S/C12H17FN2/c1-9-3-2-6-15(8-9)12-5-4-10(13)7-11(12)14/h4-5,7,9H,2-3,6,8,14H2,1H3/t9-/m0/s1. The summed E-state index contributed by atoms with van der Waals surface area (Å²) in [4.78, 5) is 2.25. The number of nitrogens with two attached hydrogens (primary N) is 1. The Balaban J connectivity index is 2.21. The number of hydrogen-bond donors (Lipinski definition) is 1. The van der Waals surface area contributed by atoms with E-state index in [0.717, 1.165) is 18.8 Å². The fraction of sp³-hybridized carbons (Fsp3) is 0.500. The summed E-state index contributed by atoms with van der Waals surface area (Å²) in [7, 11) is 0. The third kappa shape index (κ3) is 2.22. The highest BCUT2D eigenvalue weighted by molar-refractivity contribution is 5.67. The van der Waals surface area contributed by atoms with Crippen molar-refractivity contribution in [3.63, 3.8) is 0 Å². The van der Waals surface area contributed by atoms with Crippen LogP contribution < -0.4 is 10.6 Å². The van der Waals surface area contributed by atoms with Crippen molar-refractivity contribution in [1.29, 1.82) is 0 Å². The van der Waals surface area contributed by atoms with Crippen LogP contribution in [-0.4, -0.2) is 13.1 Å². The minimum atomic E-state index is -0.263. The van der Waals surface area contributed by atoms with Gasteiger partial charge in [0, 0.05) is 13.1 Å². The van der Waals surface area contributed by atoms with E-state index in [1.807, 2.05) is 0 Å². The van der Waals surface area contributed by atoms with Crippen LogP contribution in [-0.2, 0) is 0 Å². The van der Waals surface area contributed by atoms with Crippen molar-refractivity contribution in [2.45, 2.75) is 19.8 Å². The van der Waals surface area contributed by atoms with Crippen molar-refractivity contribution < 1.29 is 4.39 Å². The summed E-state index contributed by atoms with van der Waals surface area (Å²) in [6.45, 7) is 4.29. The second-order valence-corrected chi connectivity index (χ2v) is 4.40. The maximum absolute atomic E-state index is 12.9. The van der Waals surface area contributed by atoms with E-state index in [4.69, 9.17) is 5.73 Å². The normalized spacial score (nSPS) is 21.7. The highest BCUT2D eigenvalue weighted by Gasteiger charge is 2.18. The van der Waals surface area contributed by atoms with E-state index in [1.54, 1.807) is 6.07 Å². The van der Waals surface area contributed by atoms with Crippen molar-refractivity contribution in [2.75, 3.05) is 23.7 Å². The van der Waals surface area contributed by atoms with Crippen LogP contribution in [0.3, 0.4) is 0 Å². The largest absolute Gasteiger partial charge is 0.397 e. The molecular formula is C12H17FN2. The monoisotopic (exact) mass is 208 g/mol. The molecule has 1 aromatic rings. The second kappa shape index (κ2) is 4.09. The van der Waals surface area contributed by atoms with Crippen LogP contribution in [0.2, 0.25) is 0 Å². The summed E-state index contributed by atoms with van der Waals surface area (Å²) in [6, 6.07) is 4.66. The van der Waals surface area contributed by atoms with E-state index in [9.17, 15) is 4.39 Å². The number of piperidine rings is 1. The van der Waals surface area contributed by atoms with Crippen LogP contribution in [0.4, 0.5) is 15.8 Å². The predicted octanol–water partition coefficient (Wildman–Crippen LogP) is 2.64. The van der Waals surface area contributed by atoms with Gasteiger partial charge in [-0.1, -0.05) is 6.92 Å². The molecule has 1 fully saturated rings. The second-order valence-electron chi connectivity index (χ2n) is 4.40. The molecule has 2 nitrogen and oxygen atoms in total. The third-order valence-corrected chi connectivity index (χ3v) is 2.99. The fourth-order valence-electron chi connectivity index (χ4n) is 2.22. The molecule has 1 aliphatic rings. The lowest BCUT2D eigenvalue weighted by atomic mass is 9.99. The van der Waals surface area contributed by atoms with Gasteiger partial charge >= 0.3 is 0 Å². The Labute approximate surface area is 89.9 Å². The molecule has 1 saturated heterocycles. The first-order valence-electron chi connectivity index (χ1n) is 5.47. The molecule has 2 rings (SSSR count). The van der Waals surface area contributed by atoms with Gasteiger partial charge in [0.25, 0.3) is 0 Å². The van der Waals surface area contributed by atoms with Crippen LogP contribution in [0.25, 0.3) is 0 Å². The number of rotatable bonds is 1. The number of nitrogens with zero attached hydrogens (tertiary/aromatic N) is 1. The molecule has 82 valence electrons. The van der Waals surface area contributed by atoms with E-state index in [0.29, 0.717) is 11.6 Å². The average Bonchev–Trinajstić information content (AvgIpc) is 2.17.